The Kier molecular flexibility index (Phi) is 2.74. The van der Waals surface area contributed by atoms with Crippen molar-refractivity contribution >= 4 is 60.8 Å². The third-order valence-electron chi connectivity index (χ3n) is 2.72. The lowest BCUT2D eigenvalue weighted by molar-refractivity contribution is 1.42. The van der Waals surface area contributed by atoms with Gasteiger partial charge in [0.05, 0.1) is 15.6 Å². The van der Waals surface area contributed by atoms with Crippen molar-refractivity contribution in [2.75, 3.05) is 0 Å². The number of benzene rings is 2. The van der Waals surface area contributed by atoms with Gasteiger partial charge in [-0.2, -0.15) is 0 Å². The van der Waals surface area contributed by atoms with Crippen LogP contribution in [0.1, 0.15) is 0 Å². The predicted octanol–water partition coefficient (Wildman–Crippen LogP) is 5.46. The summed E-state index contributed by atoms with van der Waals surface area (Å²) in [4.78, 5) is 4.37. The van der Waals surface area contributed by atoms with Crippen molar-refractivity contribution in [2.24, 2.45) is 0 Å². The minimum absolute atomic E-state index is 0.473. The summed E-state index contributed by atoms with van der Waals surface area (Å²) in [6, 6.07) is 10.0. The second-order valence-electron chi connectivity index (χ2n) is 3.72. The highest BCUT2D eigenvalue weighted by Crippen LogP contribution is 2.36. The summed E-state index contributed by atoms with van der Waals surface area (Å²) in [7, 11) is 0. The zero-order chi connectivity index (χ0) is 12.0. The van der Waals surface area contributed by atoms with Crippen LogP contribution in [-0.2, 0) is 0 Å². The number of aromatic nitrogens is 1. The van der Waals surface area contributed by atoms with Crippen molar-refractivity contribution in [3.8, 4) is 0 Å². The third kappa shape index (κ3) is 1.71. The highest BCUT2D eigenvalue weighted by molar-refractivity contribution is 9.10. The van der Waals surface area contributed by atoms with E-state index in [9.17, 15) is 0 Å². The summed E-state index contributed by atoms with van der Waals surface area (Å²) in [6.45, 7) is 0. The normalized spacial score (nSPS) is 11.2. The lowest BCUT2D eigenvalue weighted by atomic mass is 10.1. The molecule has 3 aromatic rings. The third-order valence-corrected chi connectivity index (χ3v) is 4.17. The SMILES string of the molecule is Clc1cnc2c(cc(Br)c3ccccc32)c1Cl. The summed E-state index contributed by atoms with van der Waals surface area (Å²) in [5.74, 6) is 0. The standard InChI is InChI=1S/C13H6BrCl2N/c14-10-5-9-12(16)11(15)6-17-13(9)8-4-2-1-3-7(8)10/h1-6H. The summed E-state index contributed by atoms with van der Waals surface area (Å²) >= 11 is 15.7. The molecule has 0 aliphatic rings. The van der Waals surface area contributed by atoms with Crippen LogP contribution in [0.4, 0.5) is 0 Å². The average Bonchev–Trinajstić information content (AvgIpc) is 2.35. The maximum atomic E-state index is 6.21. The molecule has 0 aliphatic heterocycles. The number of hydrogen-bond acceptors (Lipinski definition) is 1. The Morgan fingerprint density at radius 1 is 1.00 bits per heavy atom. The smallest absolute Gasteiger partial charge is 0.0797 e. The summed E-state index contributed by atoms with van der Waals surface area (Å²) in [5, 5.41) is 4.07. The molecule has 1 aromatic heterocycles. The van der Waals surface area contributed by atoms with E-state index in [1.807, 2.05) is 30.3 Å². The van der Waals surface area contributed by atoms with Gasteiger partial charge in [0.15, 0.2) is 0 Å². The zero-order valence-electron chi connectivity index (χ0n) is 8.55. The van der Waals surface area contributed by atoms with Crippen LogP contribution in [0.3, 0.4) is 0 Å². The van der Waals surface area contributed by atoms with Crippen LogP contribution in [0, 0.1) is 0 Å². The highest BCUT2D eigenvalue weighted by Gasteiger charge is 2.10. The van der Waals surface area contributed by atoms with Crippen LogP contribution in [-0.4, -0.2) is 4.98 Å². The van der Waals surface area contributed by atoms with Gasteiger partial charge in [0, 0.05) is 21.4 Å². The monoisotopic (exact) mass is 325 g/mol. The number of rotatable bonds is 0. The Balaban J connectivity index is 2.62. The van der Waals surface area contributed by atoms with Crippen LogP contribution < -0.4 is 0 Å². The first kappa shape index (κ1) is 11.3. The minimum Gasteiger partial charge on any atom is -0.254 e. The number of fused-ring (bicyclic) bond motifs is 3. The van der Waals surface area contributed by atoms with Gasteiger partial charge >= 0.3 is 0 Å². The lowest BCUT2D eigenvalue weighted by Gasteiger charge is -2.07. The molecule has 1 heterocycles. The molecule has 0 bridgehead atoms. The molecule has 0 spiro atoms. The quantitative estimate of drug-likeness (QED) is 0.500. The molecule has 0 saturated heterocycles. The molecule has 0 aliphatic carbocycles. The molecule has 0 radical (unpaired) electrons. The van der Waals surface area contributed by atoms with E-state index in [-0.39, 0.29) is 0 Å². The second-order valence-corrected chi connectivity index (χ2v) is 5.36. The zero-order valence-corrected chi connectivity index (χ0v) is 11.6. The van der Waals surface area contributed by atoms with E-state index < -0.39 is 0 Å². The van der Waals surface area contributed by atoms with Gasteiger partial charge in [-0.05, 0) is 11.5 Å². The van der Waals surface area contributed by atoms with E-state index in [1.165, 1.54) is 0 Å². The van der Waals surface area contributed by atoms with E-state index in [2.05, 4.69) is 20.9 Å². The van der Waals surface area contributed by atoms with Gasteiger partial charge in [-0.1, -0.05) is 63.4 Å². The summed E-state index contributed by atoms with van der Waals surface area (Å²) in [5.41, 5.74) is 0.873. The Morgan fingerprint density at radius 3 is 2.47 bits per heavy atom. The van der Waals surface area contributed by atoms with Crippen LogP contribution in [0.2, 0.25) is 10.0 Å². The molecule has 4 heteroatoms. The van der Waals surface area contributed by atoms with Crippen LogP contribution in [0.15, 0.2) is 41.0 Å². The Bertz CT molecular complexity index is 740. The summed E-state index contributed by atoms with van der Waals surface area (Å²) in [6.07, 6.45) is 1.59. The molecule has 84 valence electrons. The first-order valence-corrected chi connectivity index (χ1v) is 6.54. The molecule has 0 unspecified atom stereocenters. The van der Waals surface area contributed by atoms with Gasteiger partial charge in [0.1, 0.15) is 0 Å². The molecule has 2 aromatic carbocycles. The Morgan fingerprint density at radius 2 is 1.71 bits per heavy atom. The number of hydrogen-bond donors (Lipinski definition) is 0. The van der Waals surface area contributed by atoms with E-state index >= 15 is 0 Å². The molecule has 0 saturated carbocycles. The largest absolute Gasteiger partial charge is 0.254 e. The van der Waals surface area contributed by atoms with Crippen molar-refractivity contribution < 1.29 is 0 Å². The maximum absolute atomic E-state index is 6.21. The molecule has 17 heavy (non-hydrogen) atoms. The number of nitrogens with zero attached hydrogens (tertiary/aromatic N) is 1. The average molecular weight is 327 g/mol. The van der Waals surface area contributed by atoms with E-state index in [0.29, 0.717) is 10.0 Å². The molecule has 1 nitrogen and oxygen atoms in total. The molecular formula is C13H6BrCl2N. The van der Waals surface area contributed by atoms with E-state index in [4.69, 9.17) is 23.2 Å². The van der Waals surface area contributed by atoms with Crippen molar-refractivity contribution in [3.05, 3.63) is 51.0 Å². The van der Waals surface area contributed by atoms with Crippen LogP contribution in [0.25, 0.3) is 21.7 Å². The molecule has 0 atom stereocenters. The first-order valence-electron chi connectivity index (χ1n) is 4.99. The van der Waals surface area contributed by atoms with Gasteiger partial charge in [-0.25, -0.2) is 0 Å². The second kappa shape index (κ2) is 4.13. The molecular weight excluding hydrogens is 321 g/mol. The molecule has 0 amide bonds. The van der Waals surface area contributed by atoms with Crippen LogP contribution in [0.5, 0.6) is 0 Å². The minimum atomic E-state index is 0.473. The predicted molar refractivity (Wildman–Crippen MR) is 77.0 cm³/mol. The van der Waals surface area contributed by atoms with Crippen molar-refractivity contribution in [1.29, 1.82) is 0 Å². The highest BCUT2D eigenvalue weighted by atomic mass is 79.9. The number of halogens is 3. The van der Waals surface area contributed by atoms with Crippen molar-refractivity contribution in [1.82, 2.24) is 4.98 Å². The van der Waals surface area contributed by atoms with Crippen molar-refractivity contribution in [3.63, 3.8) is 0 Å². The van der Waals surface area contributed by atoms with Gasteiger partial charge in [0.25, 0.3) is 0 Å². The molecule has 3 rings (SSSR count). The molecule has 0 N–H and O–H groups in total. The van der Waals surface area contributed by atoms with E-state index in [1.54, 1.807) is 6.20 Å². The van der Waals surface area contributed by atoms with Crippen molar-refractivity contribution in [2.45, 2.75) is 0 Å². The maximum Gasteiger partial charge on any atom is 0.0797 e. The lowest BCUT2D eigenvalue weighted by Crippen LogP contribution is -1.85. The summed E-state index contributed by atoms with van der Waals surface area (Å²) < 4.78 is 0.992. The Labute approximate surface area is 116 Å². The van der Waals surface area contributed by atoms with Gasteiger partial charge in [0.2, 0.25) is 0 Å². The fraction of sp³-hybridized carbons (Fsp3) is 0. The topological polar surface area (TPSA) is 12.9 Å². The van der Waals surface area contributed by atoms with Crippen LogP contribution >= 0.6 is 39.1 Å². The van der Waals surface area contributed by atoms with Gasteiger partial charge in [-0.15, -0.1) is 0 Å². The number of pyridine rings is 1. The Hall–Kier alpha value is -0.830. The van der Waals surface area contributed by atoms with Gasteiger partial charge < -0.3 is 0 Å². The first-order chi connectivity index (χ1) is 8.18. The van der Waals surface area contributed by atoms with Gasteiger partial charge in [-0.3, -0.25) is 4.98 Å². The van der Waals surface area contributed by atoms with E-state index in [0.717, 1.165) is 26.1 Å². The molecule has 0 fully saturated rings. The fourth-order valence-corrected chi connectivity index (χ4v) is 2.85. The fourth-order valence-electron chi connectivity index (χ4n) is 1.93.